The largest absolute Gasteiger partial charge is 0.480 e. The first-order valence-corrected chi connectivity index (χ1v) is 7.98. The van der Waals surface area contributed by atoms with Gasteiger partial charge in [0.05, 0.1) is 0 Å². The topological polar surface area (TPSA) is 49.3 Å². The molecule has 4 heteroatoms. The van der Waals surface area contributed by atoms with E-state index in [1.165, 1.54) is 31.4 Å². The monoisotopic (exact) mass is 257 g/mol. The molecule has 0 radical (unpaired) electrons. The van der Waals surface area contributed by atoms with E-state index >= 15 is 0 Å². The molecule has 98 valence electrons. The van der Waals surface area contributed by atoms with E-state index in [-0.39, 0.29) is 6.04 Å². The van der Waals surface area contributed by atoms with Crippen molar-refractivity contribution in [1.82, 2.24) is 5.32 Å². The molecule has 2 aliphatic rings. The molecule has 2 saturated carbocycles. The zero-order chi connectivity index (χ0) is 12.1. The smallest absolute Gasteiger partial charge is 0.320 e. The van der Waals surface area contributed by atoms with E-state index in [4.69, 9.17) is 5.11 Å². The van der Waals surface area contributed by atoms with Crippen molar-refractivity contribution in [1.29, 1.82) is 0 Å². The quantitative estimate of drug-likeness (QED) is 0.656. The van der Waals surface area contributed by atoms with Crippen molar-refractivity contribution in [3.63, 3.8) is 0 Å². The van der Waals surface area contributed by atoms with Crippen molar-refractivity contribution in [3.05, 3.63) is 0 Å². The molecule has 2 fully saturated rings. The first kappa shape index (κ1) is 13.2. The number of carboxylic acid groups (broad SMARTS) is 1. The molecular formula is C13H23NO2S. The summed E-state index contributed by atoms with van der Waals surface area (Å²) in [5.41, 5.74) is 0. The van der Waals surface area contributed by atoms with Crippen LogP contribution in [0, 0.1) is 5.92 Å². The molecule has 2 N–H and O–H groups in total. The third-order valence-corrected chi connectivity index (χ3v) is 4.92. The lowest BCUT2D eigenvalue weighted by molar-refractivity contribution is -0.139. The zero-order valence-corrected chi connectivity index (χ0v) is 11.2. The summed E-state index contributed by atoms with van der Waals surface area (Å²) in [6, 6.07) is 0.162. The molecule has 3 nitrogen and oxygen atoms in total. The second kappa shape index (κ2) is 6.64. The van der Waals surface area contributed by atoms with Gasteiger partial charge in [0.15, 0.2) is 0 Å². The number of carboxylic acids is 1. The highest BCUT2D eigenvalue weighted by Crippen LogP contribution is 2.28. The highest BCUT2D eigenvalue weighted by Gasteiger charge is 2.27. The Morgan fingerprint density at radius 2 is 2.00 bits per heavy atom. The molecule has 1 unspecified atom stereocenters. The molecule has 0 spiro atoms. The summed E-state index contributed by atoms with van der Waals surface area (Å²) >= 11 is 1.94. The Morgan fingerprint density at radius 1 is 1.29 bits per heavy atom. The van der Waals surface area contributed by atoms with Crippen molar-refractivity contribution in [2.24, 2.45) is 5.92 Å². The lowest BCUT2D eigenvalue weighted by Gasteiger charge is -2.14. The van der Waals surface area contributed by atoms with Crippen LogP contribution >= 0.6 is 11.8 Å². The Kier molecular flexibility index (Phi) is 5.16. The van der Waals surface area contributed by atoms with Gasteiger partial charge in [-0.25, -0.2) is 0 Å². The van der Waals surface area contributed by atoms with Crippen LogP contribution in [0.2, 0.25) is 0 Å². The van der Waals surface area contributed by atoms with Crippen LogP contribution in [0.25, 0.3) is 0 Å². The van der Waals surface area contributed by atoms with Gasteiger partial charge < -0.3 is 10.4 Å². The van der Waals surface area contributed by atoms with Crippen LogP contribution in [-0.4, -0.2) is 34.7 Å². The lowest BCUT2D eigenvalue weighted by Crippen LogP contribution is -2.38. The molecular weight excluding hydrogens is 234 g/mol. The van der Waals surface area contributed by atoms with Gasteiger partial charge in [-0.15, -0.1) is 0 Å². The van der Waals surface area contributed by atoms with Crippen molar-refractivity contribution >= 4 is 17.7 Å². The fraction of sp³-hybridized carbons (Fsp3) is 0.923. The molecule has 0 aromatic heterocycles. The van der Waals surface area contributed by atoms with Crippen LogP contribution in [0.4, 0.5) is 0 Å². The zero-order valence-electron chi connectivity index (χ0n) is 10.4. The first-order valence-electron chi connectivity index (χ1n) is 6.82. The maximum atomic E-state index is 11.0. The summed E-state index contributed by atoms with van der Waals surface area (Å²) in [5, 5.41) is 12.3. The number of rotatable bonds is 8. The minimum Gasteiger partial charge on any atom is -0.480 e. The lowest BCUT2D eigenvalue weighted by atomic mass is 10.1. The average molecular weight is 257 g/mol. The van der Waals surface area contributed by atoms with E-state index in [1.807, 2.05) is 11.8 Å². The van der Waals surface area contributed by atoms with Crippen molar-refractivity contribution in [2.45, 2.75) is 57.0 Å². The Balaban J connectivity index is 1.56. The van der Waals surface area contributed by atoms with Crippen LogP contribution in [0.3, 0.4) is 0 Å². The minimum atomic E-state index is -0.682. The second-order valence-corrected chi connectivity index (χ2v) is 6.50. The molecule has 2 rings (SSSR count). The molecule has 0 saturated heterocycles. The third-order valence-electron chi connectivity index (χ3n) is 3.69. The molecule has 1 atom stereocenters. The summed E-state index contributed by atoms with van der Waals surface area (Å²) in [5.74, 6) is 2.43. The van der Waals surface area contributed by atoms with Gasteiger partial charge in [0, 0.05) is 6.04 Å². The molecule has 2 aliphatic carbocycles. The average Bonchev–Trinajstić information content (AvgIpc) is 2.96. The van der Waals surface area contributed by atoms with Gasteiger partial charge in [0.25, 0.3) is 0 Å². The maximum absolute atomic E-state index is 11.0. The van der Waals surface area contributed by atoms with E-state index in [1.54, 1.807) is 0 Å². The van der Waals surface area contributed by atoms with E-state index in [2.05, 4.69) is 5.32 Å². The SMILES string of the molecule is O=C(O)C(CCSCC1CCCC1)NC1CC1. The first-order chi connectivity index (χ1) is 8.25. The van der Waals surface area contributed by atoms with E-state index in [0.29, 0.717) is 6.04 Å². The number of nitrogens with one attached hydrogen (secondary N) is 1. The summed E-state index contributed by atoms with van der Waals surface area (Å²) < 4.78 is 0. The van der Waals surface area contributed by atoms with Gasteiger partial charge in [-0.3, -0.25) is 4.79 Å². The Bertz CT molecular complexity index is 250. The standard InChI is InChI=1S/C13H23NO2S/c15-13(16)12(14-11-5-6-11)7-8-17-9-10-3-1-2-4-10/h10-12,14H,1-9H2,(H,15,16). The summed E-state index contributed by atoms with van der Waals surface area (Å²) in [6.45, 7) is 0. The number of thioether (sulfide) groups is 1. The van der Waals surface area contributed by atoms with Crippen LogP contribution in [-0.2, 0) is 4.79 Å². The number of hydrogen-bond acceptors (Lipinski definition) is 3. The summed E-state index contributed by atoms with van der Waals surface area (Å²) in [6.07, 6.45) is 8.63. The summed E-state index contributed by atoms with van der Waals surface area (Å²) in [4.78, 5) is 11.0. The highest BCUT2D eigenvalue weighted by molar-refractivity contribution is 7.99. The van der Waals surface area contributed by atoms with Crippen LogP contribution in [0.1, 0.15) is 44.9 Å². The molecule has 0 heterocycles. The second-order valence-electron chi connectivity index (χ2n) is 5.35. The third kappa shape index (κ3) is 4.88. The van der Waals surface area contributed by atoms with E-state index in [9.17, 15) is 4.79 Å². The minimum absolute atomic E-state index is 0.321. The Labute approximate surface area is 108 Å². The Hall–Kier alpha value is -0.220. The van der Waals surface area contributed by atoms with Gasteiger partial charge in [0.2, 0.25) is 0 Å². The van der Waals surface area contributed by atoms with Gasteiger partial charge in [0.1, 0.15) is 6.04 Å². The van der Waals surface area contributed by atoms with Gasteiger partial charge in [-0.1, -0.05) is 12.8 Å². The van der Waals surface area contributed by atoms with Crippen molar-refractivity contribution < 1.29 is 9.90 Å². The van der Waals surface area contributed by atoms with Crippen molar-refractivity contribution in [2.75, 3.05) is 11.5 Å². The molecule has 0 amide bonds. The van der Waals surface area contributed by atoms with Crippen LogP contribution < -0.4 is 5.32 Å². The molecule has 17 heavy (non-hydrogen) atoms. The number of hydrogen-bond donors (Lipinski definition) is 2. The van der Waals surface area contributed by atoms with E-state index < -0.39 is 5.97 Å². The number of aliphatic carboxylic acids is 1. The fourth-order valence-electron chi connectivity index (χ4n) is 2.44. The summed E-state index contributed by atoms with van der Waals surface area (Å²) in [7, 11) is 0. The molecule has 0 aromatic rings. The van der Waals surface area contributed by atoms with E-state index in [0.717, 1.165) is 30.9 Å². The maximum Gasteiger partial charge on any atom is 0.320 e. The number of carbonyl (C=O) groups is 1. The molecule has 0 aliphatic heterocycles. The van der Waals surface area contributed by atoms with Gasteiger partial charge in [-0.05, 0) is 49.5 Å². The molecule has 0 bridgehead atoms. The van der Waals surface area contributed by atoms with Crippen molar-refractivity contribution in [3.8, 4) is 0 Å². The van der Waals surface area contributed by atoms with Gasteiger partial charge >= 0.3 is 5.97 Å². The van der Waals surface area contributed by atoms with Gasteiger partial charge in [-0.2, -0.15) is 11.8 Å². The predicted molar refractivity (Wildman–Crippen MR) is 71.5 cm³/mol. The van der Waals surface area contributed by atoms with Crippen LogP contribution in [0.5, 0.6) is 0 Å². The fourth-order valence-corrected chi connectivity index (χ4v) is 3.68. The normalized spacial score (nSPS) is 22.8. The highest BCUT2D eigenvalue weighted by atomic mass is 32.2. The predicted octanol–water partition coefficient (Wildman–Crippen LogP) is 2.51. The van der Waals surface area contributed by atoms with Crippen LogP contribution in [0.15, 0.2) is 0 Å². The molecule has 0 aromatic carbocycles. The Morgan fingerprint density at radius 3 is 2.59 bits per heavy atom.